The molecule has 0 N–H and O–H groups in total. The second-order valence-corrected chi connectivity index (χ2v) is 19.9. The van der Waals surface area contributed by atoms with Crippen LogP contribution in [0.2, 0.25) is 0 Å². The summed E-state index contributed by atoms with van der Waals surface area (Å²) in [4.78, 5) is 37.9. The molecule has 62 heavy (non-hydrogen) atoms. The van der Waals surface area contributed by atoms with Crippen LogP contribution in [0.4, 0.5) is 0 Å². The molecular formula is C56H108O6. The Kier molecular flexibility index (Phi) is 47.6. The molecule has 0 rings (SSSR count). The van der Waals surface area contributed by atoms with Gasteiger partial charge in [0.2, 0.25) is 0 Å². The van der Waals surface area contributed by atoms with E-state index in [1.54, 1.807) is 0 Å². The predicted octanol–water partition coefficient (Wildman–Crippen LogP) is 18.1. The Balaban J connectivity index is 4.16. The maximum absolute atomic E-state index is 12.8. The van der Waals surface area contributed by atoms with Crippen molar-refractivity contribution in [3.05, 3.63) is 0 Å². The van der Waals surface area contributed by atoms with E-state index in [1.165, 1.54) is 199 Å². The molecule has 0 bridgehead atoms. The van der Waals surface area contributed by atoms with Crippen LogP contribution in [-0.4, -0.2) is 37.2 Å². The van der Waals surface area contributed by atoms with Gasteiger partial charge in [0.1, 0.15) is 13.2 Å². The van der Waals surface area contributed by atoms with E-state index >= 15 is 0 Å². The molecular weight excluding hydrogens is 769 g/mol. The molecule has 0 amide bonds. The van der Waals surface area contributed by atoms with E-state index in [0.717, 1.165) is 69.6 Å². The van der Waals surface area contributed by atoms with Gasteiger partial charge in [-0.05, 0) is 31.1 Å². The van der Waals surface area contributed by atoms with E-state index < -0.39 is 6.10 Å². The zero-order valence-electron chi connectivity index (χ0n) is 42.5. The predicted molar refractivity (Wildman–Crippen MR) is 266 cm³/mol. The SMILES string of the molecule is CCCCCCCCCCCCCCC(=O)OC[C@@H](COC(=O)CCCCCCCCCCCCCCCCCCCCC(C)CC)OC(=O)CCCCCCCCCC(C)C. The number of ether oxygens (including phenoxy) is 3. The Morgan fingerprint density at radius 1 is 0.339 bits per heavy atom. The van der Waals surface area contributed by atoms with Crippen LogP contribution in [0.3, 0.4) is 0 Å². The molecule has 2 atom stereocenters. The van der Waals surface area contributed by atoms with Crippen LogP contribution in [0.5, 0.6) is 0 Å². The highest BCUT2D eigenvalue weighted by atomic mass is 16.6. The lowest BCUT2D eigenvalue weighted by Crippen LogP contribution is -2.30. The Hall–Kier alpha value is -1.59. The van der Waals surface area contributed by atoms with Crippen LogP contribution in [0.15, 0.2) is 0 Å². The molecule has 0 heterocycles. The lowest BCUT2D eigenvalue weighted by atomic mass is 9.99. The molecule has 0 aliphatic heterocycles. The summed E-state index contributed by atoms with van der Waals surface area (Å²) in [5.41, 5.74) is 0. The van der Waals surface area contributed by atoms with Gasteiger partial charge in [-0.2, -0.15) is 0 Å². The van der Waals surface area contributed by atoms with Crippen molar-refractivity contribution in [2.24, 2.45) is 11.8 Å². The molecule has 0 spiro atoms. The fraction of sp³-hybridized carbons (Fsp3) is 0.946. The fourth-order valence-corrected chi connectivity index (χ4v) is 8.49. The summed E-state index contributed by atoms with van der Waals surface area (Å²) in [5.74, 6) is 0.840. The van der Waals surface area contributed by atoms with Crippen LogP contribution >= 0.6 is 0 Å². The zero-order valence-corrected chi connectivity index (χ0v) is 42.5. The number of carbonyl (C=O) groups excluding carboxylic acids is 3. The number of esters is 3. The maximum atomic E-state index is 12.8. The Morgan fingerprint density at radius 2 is 0.613 bits per heavy atom. The first kappa shape index (κ1) is 60.4. The number of hydrogen-bond donors (Lipinski definition) is 0. The van der Waals surface area contributed by atoms with E-state index in [0.29, 0.717) is 19.3 Å². The normalized spacial score (nSPS) is 12.5. The molecule has 0 aliphatic rings. The molecule has 0 radical (unpaired) electrons. The minimum atomic E-state index is -0.762. The minimum Gasteiger partial charge on any atom is -0.462 e. The lowest BCUT2D eigenvalue weighted by Gasteiger charge is -2.18. The van der Waals surface area contributed by atoms with Crippen LogP contribution in [0.25, 0.3) is 0 Å². The van der Waals surface area contributed by atoms with Crippen molar-refractivity contribution in [2.45, 2.75) is 317 Å². The monoisotopic (exact) mass is 877 g/mol. The van der Waals surface area contributed by atoms with Crippen molar-refractivity contribution in [1.29, 1.82) is 0 Å². The molecule has 1 unspecified atom stereocenters. The molecule has 0 aliphatic carbocycles. The topological polar surface area (TPSA) is 78.9 Å². The van der Waals surface area contributed by atoms with E-state index in [4.69, 9.17) is 14.2 Å². The molecule has 6 heteroatoms. The summed E-state index contributed by atoms with van der Waals surface area (Å²) in [6.07, 6.45) is 51.0. The lowest BCUT2D eigenvalue weighted by molar-refractivity contribution is -0.167. The van der Waals surface area contributed by atoms with Gasteiger partial charge in [-0.3, -0.25) is 14.4 Å². The van der Waals surface area contributed by atoms with Crippen molar-refractivity contribution in [3.8, 4) is 0 Å². The third kappa shape index (κ3) is 47.9. The van der Waals surface area contributed by atoms with Crippen molar-refractivity contribution in [3.63, 3.8) is 0 Å². The molecule has 0 aromatic rings. The van der Waals surface area contributed by atoms with Gasteiger partial charge >= 0.3 is 17.9 Å². The highest BCUT2D eigenvalue weighted by molar-refractivity contribution is 5.71. The number of unbranched alkanes of at least 4 members (excludes halogenated alkanes) is 34. The number of hydrogen-bond acceptors (Lipinski definition) is 6. The van der Waals surface area contributed by atoms with Gasteiger partial charge in [-0.25, -0.2) is 0 Å². The number of rotatable bonds is 50. The van der Waals surface area contributed by atoms with Gasteiger partial charge in [0, 0.05) is 19.3 Å². The maximum Gasteiger partial charge on any atom is 0.306 e. The van der Waals surface area contributed by atoms with Crippen molar-refractivity contribution in [1.82, 2.24) is 0 Å². The van der Waals surface area contributed by atoms with E-state index in [-0.39, 0.29) is 31.1 Å². The van der Waals surface area contributed by atoms with Crippen molar-refractivity contribution < 1.29 is 28.6 Å². The van der Waals surface area contributed by atoms with Crippen molar-refractivity contribution in [2.75, 3.05) is 13.2 Å². The number of carbonyl (C=O) groups is 3. The molecule has 0 saturated heterocycles. The summed E-state index contributed by atoms with van der Waals surface area (Å²) >= 11 is 0. The smallest absolute Gasteiger partial charge is 0.306 e. The largest absolute Gasteiger partial charge is 0.462 e. The van der Waals surface area contributed by atoms with Crippen LogP contribution in [-0.2, 0) is 28.6 Å². The zero-order chi connectivity index (χ0) is 45.4. The Morgan fingerprint density at radius 3 is 0.919 bits per heavy atom. The molecule has 0 aromatic heterocycles. The standard InChI is InChI=1S/C56H108O6/c1-6-8-9-10-11-12-13-23-26-31-36-41-46-54(57)60-49-53(62-56(59)48-43-38-33-28-29-34-39-44-51(3)4)50-61-55(58)47-42-37-32-27-24-21-19-17-15-14-16-18-20-22-25-30-35-40-45-52(5)7-2/h51-53H,6-50H2,1-5H3/t52?,53-/m0/s1. The Labute approximate surface area is 387 Å². The third-order valence-electron chi connectivity index (χ3n) is 13.1. The fourth-order valence-electron chi connectivity index (χ4n) is 8.49. The molecule has 6 nitrogen and oxygen atoms in total. The average molecular weight is 877 g/mol. The molecule has 0 saturated carbocycles. The van der Waals surface area contributed by atoms with Crippen molar-refractivity contribution >= 4 is 17.9 Å². The van der Waals surface area contributed by atoms with Crippen LogP contribution in [0, 0.1) is 11.8 Å². The summed E-state index contributed by atoms with van der Waals surface area (Å²) in [5, 5.41) is 0. The summed E-state index contributed by atoms with van der Waals surface area (Å²) in [6, 6.07) is 0. The molecule has 0 fully saturated rings. The van der Waals surface area contributed by atoms with E-state index in [9.17, 15) is 14.4 Å². The first-order valence-corrected chi connectivity index (χ1v) is 27.8. The quantitative estimate of drug-likeness (QED) is 0.0344. The van der Waals surface area contributed by atoms with E-state index in [2.05, 4.69) is 34.6 Å². The van der Waals surface area contributed by atoms with Gasteiger partial charge < -0.3 is 14.2 Å². The van der Waals surface area contributed by atoms with Crippen LogP contribution < -0.4 is 0 Å². The van der Waals surface area contributed by atoms with Gasteiger partial charge in [0.25, 0.3) is 0 Å². The minimum absolute atomic E-state index is 0.0639. The highest BCUT2D eigenvalue weighted by Gasteiger charge is 2.19. The van der Waals surface area contributed by atoms with Gasteiger partial charge in [-0.15, -0.1) is 0 Å². The second kappa shape index (κ2) is 48.9. The van der Waals surface area contributed by atoms with Crippen LogP contribution in [0.1, 0.15) is 311 Å². The summed E-state index contributed by atoms with van der Waals surface area (Å²) in [6.45, 7) is 11.4. The average Bonchev–Trinajstić information content (AvgIpc) is 3.26. The highest BCUT2D eigenvalue weighted by Crippen LogP contribution is 2.18. The molecule has 368 valence electrons. The first-order valence-electron chi connectivity index (χ1n) is 27.8. The van der Waals surface area contributed by atoms with Gasteiger partial charge in [-0.1, -0.05) is 272 Å². The first-order chi connectivity index (χ1) is 30.3. The van der Waals surface area contributed by atoms with Gasteiger partial charge in [0.05, 0.1) is 0 Å². The van der Waals surface area contributed by atoms with Gasteiger partial charge in [0.15, 0.2) is 6.10 Å². The summed E-state index contributed by atoms with van der Waals surface area (Å²) in [7, 11) is 0. The second-order valence-electron chi connectivity index (χ2n) is 19.9. The third-order valence-corrected chi connectivity index (χ3v) is 13.1. The van der Waals surface area contributed by atoms with E-state index in [1.807, 2.05) is 0 Å². The molecule has 0 aromatic carbocycles. The summed E-state index contributed by atoms with van der Waals surface area (Å²) < 4.78 is 16.8. The Bertz CT molecular complexity index is 949.